The van der Waals surface area contributed by atoms with Crippen LogP contribution in [0.15, 0.2) is 24.3 Å². The lowest BCUT2D eigenvalue weighted by atomic mass is 9.78. The zero-order valence-corrected chi connectivity index (χ0v) is 40.9. The summed E-state index contributed by atoms with van der Waals surface area (Å²) >= 11 is 0. The molecule has 9 heterocycles. The Kier molecular flexibility index (Phi) is 21.1. The second kappa shape index (κ2) is 25.0. The van der Waals surface area contributed by atoms with Crippen LogP contribution >= 0.6 is 0 Å². The van der Waals surface area contributed by atoms with Crippen molar-refractivity contribution < 1.29 is 79.7 Å². The molecular formula is C45H80B2N2O15+2. The summed E-state index contributed by atoms with van der Waals surface area (Å²) in [5.74, 6) is 1.09. The van der Waals surface area contributed by atoms with E-state index in [0.29, 0.717) is 47.1 Å². The smallest absolute Gasteiger partial charge is 0.454 e. The van der Waals surface area contributed by atoms with Gasteiger partial charge in [0.25, 0.3) is 0 Å². The Morgan fingerprint density at radius 2 is 1.28 bits per heavy atom. The zero-order valence-electron chi connectivity index (χ0n) is 40.9. The largest absolute Gasteiger partial charge is 0.909 e. The number of likely N-dealkylation sites (N-methyl/N-ethyl adjacent to an activating group) is 1. The molecule has 64 heavy (non-hydrogen) atoms. The minimum Gasteiger partial charge on any atom is -0.454 e. The number of hydrogen-bond acceptors (Lipinski definition) is 15. The third kappa shape index (κ3) is 17.3. The molecule has 1 aromatic rings. The van der Waals surface area contributed by atoms with Crippen molar-refractivity contribution in [1.29, 1.82) is 0 Å². The molecule has 9 aliphatic rings. The van der Waals surface area contributed by atoms with Gasteiger partial charge in [0.2, 0.25) is 6.79 Å². The summed E-state index contributed by atoms with van der Waals surface area (Å²) in [6, 6.07) is 7.63. The summed E-state index contributed by atoms with van der Waals surface area (Å²) in [6.45, 7) is 32.1. The molecule has 0 spiro atoms. The molecule has 1 aromatic carbocycles. The third-order valence-electron chi connectivity index (χ3n) is 12.5. The highest BCUT2D eigenvalue weighted by Crippen LogP contribution is 2.34. The average molecular weight is 911 g/mol. The first-order valence-corrected chi connectivity index (χ1v) is 23.1. The molecule has 8 fully saturated rings. The first-order valence-electron chi connectivity index (χ1n) is 23.1. The summed E-state index contributed by atoms with van der Waals surface area (Å²) < 4.78 is 67.9. The van der Waals surface area contributed by atoms with Crippen LogP contribution in [0.25, 0.3) is 0 Å². The minimum absolute atomic E-state index is 0.0255. The molecular weight excluding hydrogens is 830 g/mol. The first-order chi connectivity index (χ1) is 30.2. The number of unbranched alkanes of at least 4 members (excludes halogenated alkanes) is 1. The molecule has 0 saturated carbocycles. The summed E-state index contributed by atoms with van der Waals surface area (Å²) in [7, 11) is 1.66. The van der Waals surface area contributed by atoms with Gasteiger partial charge in [0.1, 0.15) is 27.2 Å². The van der Waals surface area contributed by atoms with E-state index in [1.54, 1.807) is 7.05 Å². The molecule has 0 aromatic heterocycles. The zero-order chi connectivity index (χ0) is 46.9. The quantitative estimate of drug-likeness (QED) is 0.327. The van der Waals surface area contributed by atoms with Gasteiger partial charge >= 0.3 is 26.2 Å². The van der Waals surface area contributed by atoms with Crippen molar-refractivity contribution in [3.8, 4) is 11.5 Å². The van der Waals surface area contributed by atoms with Gasteiger partial charge in [-0.1, -0.05) is 39.3 Å². The van der Waals surface area contributed by atoms with E-state index in [-0.39, 0.29) is 51.6 Å². The standard InChI is InChI=1S/C9H19BNO.C7H6O2.2C7H14O2.C6H12O2.C5H7BNO4.C4H8O2/c1-2-3-6-11-7-4-5-10(11)12-9-8-11;1-2-4-7-6(3-1)8-5-9-7;1-6-4-7(2,3)9-5-8-6;1-6(2)7(3,4)9-5-8-6;1-6(2)3-7-5-8-4-6;1-7-2-4(8)10-6(7)11-5(9)3-7;1-2-5-4-6-3-1/h2-9H2,1H3;1-4H,5H2;6H,4-5H2,1-3H3;5H2,1-4H3;3-5H2,1-2H3;2-3H2,1H3;1-4H2/q+1;;;;;+1;. The number of para-hydroxylation sites is 2. The first kappa shape index (κ1) is 54.1. The van der Waals surface area contributed by atoms with Gasteiger partial charge in [-0.15, -0.1) is 0 Å². The molecule has 0 N–H and O–H groups in total. The highest BCUT2D eigenvalue weighted by atomic mass is 16.7. The Balaban J connectivity index is 0.000000165. The third-order valence-corrected chi connectivity index (χ3v) is 12.5. The van der Waals surface area contributed by atoms with Crippen LogP contribution in [-0.2, 0) is 61.4 Å². The van der Waals surface area contributed by atoms with E-state index in [0.717, 1.165) is 57.4 Å². The number of ether oxygens (including phenoxy) is 10. The van der Waals surface area contributed by atoms with Gasteiger partial charge in [0.15, 0.2) is 24.6 Å². The summed E-state index contributed by atoms with van der Waals surface area (Å²) in [5, 5.41) is 0. The van der Waals surface area contributed by atoms with Crippen LogP contribution in [0.2, 0.25) is 6.32 Å². The van der Waals surface area contributed by atoms with Gasteiger partial charge in [-0.3, -0.25) is 4.39 Å². The maximum atomic E-state index is 10.7. The molecule has 17 nitrogen and oxygen atoms in total. The van der Waals surface area contributed by atoms with E-state index in [9.17, 15) is 9.59 Å². The Bertz CT molecular complexity index is 1480. The lowest BCUT2D eigenvalue weighted by molar-refractivity contribution is -0.815. The average Bonchev–Trinajstić information content (AvgIpc) is 4.08. The fourth-order valence-corrected chi connectivity index (χ4v) is 7.89. The number of fused-ring (bicyclic) bond motifs is 3. The van der Waals surface area contributed by atoms with Crippen LogP contribution in [0.1, 0.15) is 101 Å². The van der Waals surface area contributed by atoms with Gasteiger partial charge in [-0.05, 0) is 79.9 Å². The normalized spacial score (nSPS) is 27.8. The number of carbonyl (C=O) groups is 2. The lowest BCUT2D eigenvalue weighted by Gasteiger charge is -2.33. The molecule has 0 radical (unpaired) electrons. The Labute approximate surface area is 383 Å². The predicted molar refractivity (Wildman–Crippen MR) is 240 cm³/mol. The molecule has 0 bridgehead atoms. The number of benzene rings is 1. The van der Waals surface area contributed by atoms with Crippen LogP contribution in [0, 0.1) is 5.41 Å². The number of rotatable bonds is 3. The topological polar surface area (TPSA) is 154 Å². The van der Waals surface area contributed by atoms with Gasteiger partial charge in [-0.2, -0.15) is 0 Å². The molecule has 2 atom stereocenters. The number of nitrogens with zero attached hydrogens (tertiary/aromatic N) is 2. The van der Waals surface area contributed by atoms with Crippen LogP contribution in [0.5, 0.6) is 11.5 Å². The predicted octanol–water partition coefficient (Wildman–Crippen LogP) is 5.97. The van der Waals surface area contributed by atoms with Gasteiger partial charge in [0, 0.05) is 18.2 Å². The fraction of sp³-hybridized carbons (Fsp3) is 0.822. The SMILES string of the molecule is C1COCOC1.CC1(C)COCOC1.CC1(C)OCOC1(C)C.CC1CC(C)(C)OCO1.CCCC[N+]12CCCB1OCC2.C[N+]12CC(=O)OB1OC(=O)C2.c1ccc2c(c1)OCO2. The number of carbonyl (C=O) groups excluding carboxylic acids is 2. The highest BCUT2D eigenvalue weighted by molar-refractivity contribution is 6.45. The number of quaternary nitrogens is 2. The van der Waals surface area contributed by atoms with E-state index >= 15 is 0 Å². The second-order valence-electron chi connectivity index (χ2n) is 20.0. The minimum atomic E-state index is -0.685. The molecule has 10 rings (SSSR count). The molecule has 0 aliphatic carbocycles. The van der Waals surface area contributed by atoms with E-state index in [2.05, 4.69) is 41.5 Å². The summed E-state index contributed by atoms with van der Waals surface area (Å²) in [4.78, 5) is 21.5. The van der Waals surface area contributed by atoms with Crippen LogP contribution in [-0.4, -0.2) is 165 Å². The van der Waals surface area contributed by atoms with E-state index in [4.69, 9.17) is 61.3 Å². The second-order valence-corrected chi connectivity index (χ2v) is 20.0. The van der Waals surface area contributed by atoms with Crippen molar-refractivity contribution in [2.45, 2.75) is 131 Å². The molecule has 364 valence electrons. The maximum absolute atomic E-state index is 10.7. The molecule has 8 saturated heterocycles. The van der Waals surface area contributed by atoms with Crippen molar-refractivity contribution in [3.63, 3.8) is 0 Å². The van der Waals surface area contributed by atoms with Crippen molar-refractivity contribution in [2.24, 2.45) is 5.41 Å². The van der Waals surface area contributed by atoms with Crippen LogP contribution in [0.4, 0.5) is 0 Å². The Hall–Kier alpha value is -2.55. The molecule has 0 amide bonds. The van der Waals surface area contributed by atoms with Gasteiger partial charge in [-0.25, -0.2) is 9.59 Å². The lowest BCUT2D eigenvalue weighted by Crippen LogP contribution is -2.51. The van der Waals surface area contributed by atoms with Gasteiger partial charge in [0.05, 0.1) is 82.6 Å². The van der Waals surface area contributed by atoms with E-state index in [1.165, 1.54) is 49.6 Å². The number of hydrogen-bond donors (Lipinski definition) is 0. The van der Waals surface area contributed by atoms with Crippen molar-refractivity contribution in [3.05, 3.63) is 24.3 Å². The summed E-state index contributed by atoms with van der Waals surface area (Å²) in [5.41, 5.74) is -0.00405. The highest BCUT2D eigenvalue weighted by Gasteiger charge is 2.65. The fourth-order valence-electron chi connectivity index (χ4n) is 7.89. The summed E-state index contributed by atoms with van der Waals surface area (Å²) in [6.07, 6.45) is 7.80. The molecule has 19 heteroatoms. The van der Waals surface area contributed by atoms with Crippen molar-refractivity contribution in [1.82, 2.24) is 0 Å². The van der Waals surface area contributed by atoms with E-state index < -0.39 is 7.25 Å². The van der Waals surface area contributed by atoms with Gasteiger partial charge < -0.3 is 65.7 Å². The maximum Gasteiger partial charge on any atom is 0.909 e. The van der Waals surface area contributed by atoms with Crippen molar-refractivity contribution in [2.75, 3.05) is 107 Å². The van der Waals surface area contributed by atoms with Crippen molar-refractivity contribution >= 4 is 26.2 Å². The molecule has 9 aliphatic heterocycles. The van der Waals surface area contributed by atoms with E-state index in [1.807, 2.05) is 52.0 Å². The van der Waals surface area contributed by atoms with Crippen LogP contribution in [0.3, 0.4) is 0 Å². The Morgan fingerprint density at radius 1 is 0.703 bits per heavy atom. The Morgan fingerprint density at radius 3 is 1.69 bits per heavy atom. The molecule has 2 unspecified atom stereocenters. The van der Waals surface area contributed by atoms with Crippen LogP contribution < -0.4 is 9.47 Å². The monoisotopic (exact) mass is 911 g/mol.